The molecule has 2 amide bonds. The SMILES string of the molecule is CC(C)C(=O)NC(Cc1c[nH]c2ccccc12)C(=O)N(Cc1ccncc1)C1C=CS(=O)(=O)C1. The molecule has 178 valence electrons. The van der Waals surface area contributed by atoms with Crippen LogP contribution in [0.5, 0.6) is 0 Å². The van der Waals surface area contributed by atoms with Crippen LogP contribution in [0.1, 0.15) is 25.0 Å². The zero-order chi connectivity index (χ0) is 24.3. The number of aromatic nitrogens is 2. The monoisotopic (exact) mass is 480 g/mol. The van der Waals surface area contributed by atoms with Crippen molar-refractivity contribution >= 4 is 32.6 Å². The van der Waals surface area contributed by atoms with Gasteiger partial charge in [-0.15, -0.1) is 0 Å². The lowest BCUT2D eigenvalue weighted by atomic mass is 10.0. The van der Waals surface area contributed by atoms with E-state index in [1.165, 1.54) is 4.90 Å². The second-order valence-corrected chi connectivity index (χ2v) is 10.8. The van der Waals surface area contributed by atoms with E-state index in [9.17, 15) is 18.0 Å². The van der Waals surface area contributed by atoms with Gasteiger partial charge in [-0.05, 0) is 35.4 Å². The topological polar surface area (TPSA) is 112 Å². The fourth-order valence-electron chi connectivity index (χ4n) is 4.06. The molecule has 0 fully saturated rings. The smallest absolute Gasteiger partial charge is 0.246 e. The van der Waals surface area contributed by atoms with Crippen molar-refractivity contribution < 1.29 is 18.0 Å². The molecular weight excluding hydrogens is 452 g/mol. The number of carbonyl (C=O) groups is 2. The van der Waals surface area contributed by atoms with Gasteiger partial charge in [-0.25, -0.2) is 8.42 Å². The summed E-state index contributed by atoms with van der Waals surface area (Å²) >= 11 is 0. The predicted octanol–water partition coefficient (Wildman–Crippen LogP) is 2.59. The number of carbonyl (C=O) groups excluding carboxylic acids is 2. The summed E-state index contributed by atoms with van der Waals surface area (Å²) in [6.07, 6.45) is 6.92. The third-order valence-electron chi connectivity index (χ3n) is 5.93. The highest BCUT2D eigenvalue weighted by molar-refractivity contribution is 7.94. The number of pyridine rings is 1. The number of hydrogen-bond acceptors (Lipinski definition) is 5. The van der Waals surface area contributed by atoms with Crippen molar-refractivity contribution in [1.29, 1.82) is 0 Å². The van der Waals surface area contributed by atoms with Gasteiger partial charge in [-0.3, -0.25) is 14.6 Å². The number of hydrogen-bond donors (Lipinski definition) is 2. The molecule has 2 atom stereocenters. The molecule has 3 aromatic rings. The van der Waals surface area contributed by atoms with Gasteiger partial charge in [0.05, 0.1) is 11.8 Å². The molecule has 0 spiro atoms. The maximum atomic E-state index is 13.9. The van der Waals surface area contributed by atoms with Gasteiger partial charge in [-0.2, -0.15) is 0 Å². The highest BCUT2D eigenvalue weighted by Crippen LogP contribution is 2.23. The number of sulfone groups is 1. The predicted molar refractivity (Wildman–Crippen MR) is 130 cm³/mol. The van der Waals surface area contributed by atoms with Crippen LogP contribution in [0.15, 0.2) is 66.5 Å². The van der Waals surface area contributed by atoms with Crippen LogP contribution in [-0.4, -0.2) is 52.9 Å². The molecule has 8 nitrogen and oxygen atoms in total. The van der Waals surface area contributed by atoms with Crippen LogP contribution in [0.3, 0.4) is 0 Å². The molecule has 1 aromatic carbocycles. The van der Waals surface area contributed by atoms with Gasteiger partial charge in [0.2, 0.25) is 11.8 Å². The lowest BCUT2D eigenvalue weighted by Gasteiger charge is -2.32. The number of rotatable bonds is 8. The first-order valence-electron chi connectivity index (χ1n) is 11.2. The molecule has 2 N–H and O–H groups in total. The van der Waals surface area contributed by atoms with Gasteiger partial charge in [0, 0.05) is 53.8 Å². The van der Waals surface area contributed by atoms with Crippen LogP contribution in [-0.2, 0) is 32.4 Å². The summed E-state index contributed by atoms with van der Waals surface area (Å²) < 4.78 is 24.3. The number of fused-ring (bicyclic) bond motifs is 1. The van der Waals surface area contributed by atoms with E-state index in [0.717, 1.165) is 27.4 Å². The van der Waals surface area contributed by atoms with Crippen molar-refractivity contribution in [3.63, 3.8) is 0 Å². The minimum Gasteiger partial charge on any atom is -0.361 e. The summed E-state index contributed by atoms with van der Waals surface area (Å²) in [7, 11) is -3.39. The Morgan fingerprint density at radius 3 is 2.59 bits per heavy atom. The van der Waals surface area contributed by atoms with E-state index in [2.05, 4.69) is 15.3 Å². The Hall–Kier alpha value is -3.46. The Kier molecular flexibility index (Phi) is 6.83. The highest BCUT2D eigenvalue weighted by atomic mass is 32.2. The first-order valence-corrected chi connectivity index (χ1v) is 12.9. The van der Waals surface area contributed by atoms with E-state index < -0.39 is 21.9 Å². The van der Waals surface area contributed by atoms with Gasteiger partial charge in [0.15, 0.2) is 9.84 Å². The highest BCUT2D eigenvalue weighted by Gasteiger charge is 2.35. The summed E-state index contributed by atoms with van der Waals surface area (Å²) in [6.45, 7) is 3.74. The lowest BCUT2D eigenvalue weighted by Crippen LogP contribution is -2.53. The van der Waals surface area contributed by atoms with Crippen molar-refractivity contribution in [1.82, 2.24) is 20.2 Å². The maximum absolute atomic E-state index is 13.9. The van der Waals surface area contributed by atoms with E-state index in [-0.39, 0.29) is 36.5 Å². The Morgan fingerprint density at radius 2 is 1.91 bits per heavy atom. The number of H-pyrrole nitrogens is 1. The first-order chi connectivity index (χ1) is 16.2. The molecule has 34 heavy (non-hydrogen) atoms. The number of aromatic amines is 1. The second kappa shape index (κ2) is 9.80. The molecule has 0 bridgehead atoms. The van der Waals surface area contributed by atoms with Gasteiger partial charge in [0.25, 0.3) is 0 Å². The molecule has 9 heteroatoms. The Balaban J connectivity index is 1.68. The van der Waals surface area contributed by atoms with Crippen molar-refractivity contribution in [2.24, 2.45) is 5.92 Å². The summed E-state index contributed by atoms with van der Waals surface area (Å²) in [4.78, 5) is 35.3. The molecule has 0 saturated carbocycles. The summed E-state index contributed by atoms with van der Waals surface area (Å²) in [6, 6.07) is 9.87. The van der Waals surface area contributed by atoms with E-state index in [0.29, 0.717) is 0 Å². The van der Waals surface area contributed by atoms with E-state index in [1.807, 2.05) is 30.5 Å². The number of benzene rings is 1. The zero-order valence-corrected chi connectivity index (χ0v) is 20.0. The average Bonchev–Trinajstić information content (AvgIpc) is 3.39. The zero-order valence-electron chi connectivity index (χ0n) is 19.1. The van der Waals surface area contributed by atoms with E-state index >= 15 is 0 Å². The fraction of sp³-hybridized carbons (Fsp3) is 0.320. The minimum absolute atomic E-state index is 0.179. The van der Waals surface area contributed by atoms with Gasteiger partial charge < -0.3 is 15.2 Å². The summed E-state index contributed by atoms with van der Waals surface area (Å²) in [5.74, 6) is -1.06. The molecule has 0 radical (unpaired) electrons. The van der Waals surface area contributed by atoms with Crippen LogP contribution < -0.4 is 5.32 Å². The normalized spacial score (nSPS) is 17.7. The molecule has 0 aliphatic carbocycles. The molecular formula is C25H28N4O4S. The van der Waals surface area contributed by atoms with E-state index in [4.69, 9.17) is 0 Å². The number of para-hydroxylation sites is 1. The Labute approximate surface area is 199 Å². The molecule has 2 unspecified atom stereocenters. The summed E-state index contributed by atoms with van der Waals surface area (Å²) in [5.41, 5.74) is 2.66. The van der Waals surface area contributed by atoms with E-state index in [1.54, 1.807) is 44.4 Å². The largest absolute Gasteiger partial charge is 0.361 e. The molecule has 1 aliphatic rings. The number of nitrogens with one attached hydrogen (secondary N) is 2. The fourth-order valence-corrected chi connectivity index (χ4v) is 5.35. The van der Waals surface area contributed by atoms with Crippen LogP contribution in [0.2, 0.25) is 0 Å². The third kappa shape index (κ3) is 5.36. The van der Waals surface area contributed by atoms with Crippen LogP contribution in [0.4, 0.5) is 0 Å². The average molecular weight is 481 g/mol. The molecule has 3 heterocycles. The van der Waals surface area contributed by atoms with Crippen LogP contribution >= 0.6 is 0 Å². The van der Waals surface area contributed by atoms with Crippen molar-refractivity contribution in [3.8, 4) is 0 Å². The Morgan fingerprint density at radius 1 is 1.18 bits per heavy atom. The Bertz CT molecular complexity index is 1310. The minimum atomic E-state index is -3.39. The second-order valence-electron chi connectivity index (χ2n) is 8.83. The molecule has 0 saturated heterocycles. The van der Waals surface area contributed by atoms with Crippen molar-refractivity contribution in [2.75, 3.05) is 5.75 Å². The van der Waals surface area contributed by atoms with Crippen molar-refractivity contribution in [3.05, 3.63) is 77.6 Å². The maximum Gasteiger partial charge on any atom is 0.246 e. The van der Waals surface area contributed by atoms with Crippen molar-refractivity contribution in [2.45, 2.75) is 38.9 Å². The standard InChI is InChI=1S/C25H28N4O4S/c1-17(2)24(30)28-23(13-19-14-27-22-6-4-3-5-21(19)22)25(31)29(15-18-7-10-26-11-8-18)20-9-12-34(32,33)16-20/h3-12,14,17,20,23,27H,13,15-16H2,1-2H3,(H,28,30). The molecule has 4 rings (SSSR count). The molecule has 2 aromatic heterocycles. The first kappa shape index (κ1) is 23.7. The van der Waals surface area contributed by atoms with Gasteiger partial charge in [0.1, 0.15) is 6.04 Å². The van der Waals surface area contributed by atoms with Gasteiger partial charge in [-0.1, -0.05) is 32.0 Å². The third-order valence-corrected chi connectivity index (χ3v) is 7.31. The molecule has 1 aliphatic heterocycles. The lowest BCUT2D eigenvalue weighted by molar-refractivity contribution is -0.138. The quantitative estimate of drug-likeness (QED) is 0.515. The van der Waals surface area contributed by atoms with Crippen LogP contribution in [0, 0.1) is 5.92 Å². The van der Waals surface area contributed by atoms with Crippen LogP contribution in [0.25, 0.3) is 10.9 Å². The summed E-state index contributed by atoms with van der Waals surface area (Å²) in [5, 5.41) is 5.03. The van der Waals surface area contributed by atoms with Gasteiger partial charge >= 0.3 is 0 Å². The number of nitrogens with zero attached hydrogens (tertiary/aromatic N) is 2. The number of amides is 2.